The Labute approximate surface area is 129 Å². The molecule has 1 saturated heterocycles. The third kappa shape index (κ3) is 2.93. The number of aromatic nitrogens is 2. The molecule has 0 spiro atoms. The lowest BCUT2D eigenvalue weighted by Crippen LogP contribution is -2.37. The molecule has 1 aliphatic rings. The van der Waals surface area contributed by atoms with Gasteiger partial charge >= 0.3 is 0 Å². The van der Waals surface area contributed by atoms with Crippen LogP contribution in [0.1, 0.15) is 18.7 Å². The highest BCUT2D eigenvalue weighted by atomic mass is 35.5. The molecule has 2 aromatic rings. The van der Waals surface area contributed by atoms with E-state index in [1.54, 1.807) is 13.2 Å². The van der Waals surface area contributed by atoms with Crippen LogP contribution in [0.15, 0.2) is 36.4 Å². The summed E-state index contributed by atoms with van der Waals surface area (Å²) in [4.78, 5) is 9.09. The van der Waals surface area contributed by atoms with Gasteiger partial charge in [0.05, 0.1) is 5.69 Å². The van der Waals surface area contributed by atoms with Gasteiger partial charge in [0.15, 0.2) is 5.82 Å². The van der Waals surface area contributed by atoms with Gasteiger partial charge in [-0.1, -0.05) is 41.9 Å². The second-order valence-corrected chi connectivity index (χ2v) is 5.46. The SMILES string of the molecule is COC1(c2nc(Cl)cc(-c3ccccc3)n2)CCOCC1. The average molecular weight is 305 g/mol. The molecule has 1 aliphatic heterocycles. The lowest BCUT2D eigenvalue weighted by Gasteiger charge is -2.34. The molecule has 3 rings (SSSR count). The van der Waals surface area contributed by atoms with Crippen molar-refractivity contribution in [1.82, 2.24) is 9.97 Å². The Kier molecular flexibility index (Phi) is 4.19. The first kappa shape index (κ1) is 14.4. The summed E-state index contributed by atoms with van der Waals surface area (Å²) in [6.07, 6.45) is 1.47. The van der Waals surface area contributed by atoms with E-state index in [-0.39, 0.29) is 0 Å². The summed E-state index contributed by atoms with van der Waals surface area (Å²) in [5.41, 5.74) is 1.32. The Morgan fingerprint density at radius 1 is 1.14 bits per heavy atom. The minimum absolute atomic E-state index is 0.432. The van der Waals surface area contributed by atoms with E-state index in [1.165, 1.54) is 0 Å². The number of halogens is 1. The fraction of sp³-hybridized carbons (Fsp3) is 0.375. The number of ether oxygens (including phenoxy) is 2. The van der Waals surface area contributed by atoms with E-state index in [0.717, 1.165) is 24.1 Å². The number of hydrogen-bond acceptors (Lipinski definition) is 4. The normalized spacial score (nSPS) is 17.6. The van der Waals surface area contributed by atoms with Crippen LogP contribution in [0, 0.1) is 0 Å². The first-order valence-electron chi connectivity index (χ1n) is 6.97. The van der Waals surface area contributed by atoms with Gasteiger partial charge in [-0.05, 0) is 0 Å². The van der Waals surface area contributed by atoms with Gasteiger partial charge in [0, 0.05) is 44.8 Å². The Hall–Kier alpha value is -1.49. The van der Waals surface area contributed by atoms with Crippen LogP contribution in [0.2, 0.25) is 5.15 Å². The van der Waals surface area contributed by atoms with Crippen molar-refractivity contribution in [2.75, 3.05) is 20.3 Å². The third-order valence-corrected chi connectivity index (χ3v) is 4.06. The second-order valence-electron chi connectivity index (χ2n) is 5.08. The van der Waals surface area contributed by atoms with Gasteiger partial charge in [-0.2, -0.15) is 0 Å². The zero-order chi connectivity index (χ0) is 14.7. The Balaban J connectivity index is 2.05. The standard InChI is InChI=1S/C16H17ClN2O2/c1-20-16(7-9-21-10-8-16)15-18-13(11-14(17)19-15)12-5-3-2-4-6-12/h2-6,11H,7-10H2,1H3. The fourth-order valence-electron chi connectivity index (χ4n) is 2.60. The lowest BCUT2D eigenvalue weighted by molar-refractivity contribution is -0.0999. The molecule has 0 aliphatic carbocycles. The molecule has 0 atom stereocenters. The smallest absolute Gasteiger partial charge is 0.162 e. The Morgan fingerprint density at radius 2 is 1.86 bits per heavy atom. The first-order chi connectivity index (χ1) is 10.2. The maximum Gasteiger partial charge on any atom is 0.162 e. The monoisotopic (exact) mass is 304 g/mol. The maximum atomic E-state index is 6.20. The van der Waals surface area contributed by atoms with Crippen molar-refractivity contribution in [2.45, 2.75) is 18.4 Å². The van der Waals surface area contributed by atoms with Gasteiger partial charge < -0.3 is 9.47 Å². The zero-order valence-electron chi connectivity index (χ0n) is 11.9. The molecular weight excluding hydrogens is 288 g/mol. The molecule has 0 N–H and O–H groups in total. The van der Waals surface area contributed by atoms with E-state index in [0.29, 0.717) is 24.2 Å². The van der Waals surface area contributed by atoms with Crippen LogP contribution < -0.4 is 0 Å². The second kappa shape index (κ2) is 6.10. The summed E-state index contributed by atoms with van der Waals surface area (Å²) in [6, 6.07) is 11.7. The number of rotatable bonds is 3. The summed E-state index contributed by atoms with van der Waals surface area (Å²) >= 11 is 6.20. The van der Waals surface area contributed by atoms with E-state index in [9.17, 15) is 0 Å². The first-order valence-corrected chi connectivity index (χ1v) is 7.35. The van der Waals surface area contributed by atoms with Gasteiger partial charge in [-0.3, -0.25) is 0 Å². The van der Waals surface area contributed by atoms with Gasteiger partial charge in [-0.15, -0.1) is 0 Å². The van der Waals surface area contributed by atoms with Crippen molar-refractivity contribution in [2.24, 2.45) is 0 Å². The highest BCUT2D eigenvalue weighted by molar-refractivity contribution is 6.29. The van der Waals surface area contributed by atoms with Crippen molar-refractivity contribution < 1.29 is 9.47 Å². The molecule has 4 nitrogen and oxygen atoms in total. The third-order valence-electron chi connectivity index (χ3n) is 3.86. The lowest BCUT2D eigenvalue weighted by atomic mass is 9.93. The van der Waals surface area contributed by atoms with E-state index in [4.69, 9.17) is 26.1 Å². The molecule has 5 heteroatoms. The predicted octanol–water partition coefficient (Wildman–Crippen LogP) is 3.45. The molecule has 0 saturated carbocycles. The Bertz CT molecular complexity index is 613. The van der Waals surface area contributed by atoms with Crippen molar-refractivity contribution in [1.29, 1.82) is 0 Å². The van der Waals surface area contributed by atoms with Crippen LogP contribution in [-0.2, 0) is 15.1 Å². The predicted molar refractivity (Wildman–Crippen MR) is 81.2 cm³/mol. The van der Waals surface area contributed by atoms with Crippen LogP contribution >= 0.6 is 11.6 Å². The highest BCUT2D eigenvalue weighted by Crippen LogP contribution is 2.35. The van der Waals surface area contributed by atoms with Crippen LogP contribution in [0.4, 0.5) is 0 Å². The van der Waals surface area contributed by atoms with E-state index < -0.39 is 5.60 Å². The van der Waals surface area contributed by atoms with Crippen LogP contribution in [-0.4, -0.2) is 30.3 Å². The van der Waals surface area contributed by atoms with Crippen molar-refractivity contribution >= 4 is 11.6 Å². The molecule has 1 fully saturated rings. The van der Waals surface area contributed by atoms with Crippen LogP contribution in [0.25, 0.3) is 11.3 Å². The minimum Gasteiger partial charge on any atom is -0.381 e. The maximum absolute atomic E-state index is 6.20. The van der Waals surface area contributed by atoms with E-state index >= 15 is 0 Å². The fourth-order valence-corrected chi connectivity index (χ4v) is 2.78. The number of hydrogen-bond donors (Lipinski definition) is 0. The highest BCUT2D eigenvalue weighted by Gasteiger charge is 2.37. The van der Waals surface area contributed by atoms with Crippen molar-refractivity contribution in [3.8, 4) is 11.3 Å². The quantitative estimate of drug-likeness (QED) is 0.815. The molecule has 1 aromatic carbocycles. The van der Waals surface area contributed by atoms with E-state index in [1.807, 2.05) is 30.3 Å². The molecule has 0 unspecified atom stereocenters. The summed E-state index contributed by atoms with van der Waals surface area (Å²) in [5.74, 6) is 0.639. The minimum atomic E-state index is -0.507. The van der Waals surface area contributed by atoms with Gasteiger partial charge in [0.25, 0.3) is 0 Å². The average Bonchev–Trinajstić information content (AvgIpc) is 2.56. The number of nitrogens with zero attached hydrogens (tertiary/aromatic N) is 2. The molecule has 0 amide bonds. The zero-order valence-corrected chi connectivity index (χ0v) is 12.6. The summed E-state index contributed by atoms with van der Waals surface area (Å²) in [5, 5.41) is 0.432. The van der Waals surface area contributed by atoms with Crippen molar-refractivity contribution in [3.63, 3.8) is 0 Å². The molecule has 21 heavy (non-hydrogen) atoms. The topological polar surface area (TPSA) is 44.2 Å². The number of methoxy groups -OCH3 is 1. The summed E-state index contributed by atoms with van der Waals surface area (Å²) in [6.45, 7) is 1.29. The molecule has 1 aromatic heterocycles. The van der Waals surface area contributed by atoms with Crippen LogP contribution in [0.3, 0.4) is 0 Å². The molecule has 0 radical (unpaired) electrons. The number of benzene rings is 1. The van der Waals surface area contributed by atoms with Gasteiger partial charge in [-0.25, -0.2) is 9.97 Å². The molecule has 110 valence electrons. The Morgan fingerprint density at radius 3 is 2.52 bits per heavy atom. The molecular formula is C16H17ClN2O2. The molecule has 2 heterocycles. The van der Waals surface area contributed by atoms with Crippen molar-refractivity contribution in [3.05, 3.63) is 47.4 Å². The summed E-state index contributed by atoms with van der Waals surface area (Å²) < 4.78 is 11.2. The summed E-state index contributed by atoms with van der Waals surface area (Å²) in [7, 11) is 1.69. The van der Waals surface area contributed by atoms with Gasteiger partial charge in [0.1, 0.15) is 10.8 Å². The van der Waals surface area contributed by atoms with Gasteiger partial charge in [0.2, 0.25) is 0 Å². The van der Waals surface area contributed by atoms with Crippen LogP contribution in [0.5, 0.6) is 0 Å². The molecule has 0 bridgehead atoms. The largest absolute Gasteiger partial charge is 0.381 e. The van der Waals surface area contributed by atoms with E-state index in [2.05, 4.69) is 4.98 Å².